The summed E-state index contributed by atoms with van der Waals surface area (Å²) >= 11 is 1.11. The summed E-state index contributed by atoms with van der Waals surface area (Å²) in [5.41, 5.74) is 0.838. The highest BCUT2D eigenvalue weighted by Gasteiger charge is 2.34. The van der Waals surface area contributed by atoms with Gasteiger partial charge in [-0.05, 0) is 50.1 Å². The molecule has 39 heavy (non-hydrogen) atoms. The quantitative estimate of drug-likeness (QED) is 0.180. The number of carbonyl (C=O) groups is 2. The molecule has 0 N–H and O–H groups in total. The molecule has 0 bridgehead atoms. The number of nitro benzene ring substituents is 1. The van der Waals surface area contributed by atoms with Crippen LogP contribution in [0.1, 0.15) is 44.9 Å². The van der Waals surface area contributed by atoms with E-state index in [9.17, 15) is 24.5 Å². The standard InChI is InChI=1S/C27H25N3O8S/c1-5-36-21-12-17(10-11-20(21)38-16(4)31)13-22-25(32)29-24(18-8-7-9-19(14-18)30(34)35)23(26(33)37-6-2)15(3)28-27(29)39-22/h7-14,24H,5-6H2,1-4H3/t24-/m1/s1. The van der Waals surface area contributed by atoms with Gasteiger partial charge in [-0.25, -0.2) is 9.79 Å². The van der Waals surface area contributed by atoms with E-state index in [1.807, 2.05) is 0 Å². The molecule has 3 aromatic rings. The second-order valence-corrected chi connectivity index (χ2v) is 9.40. The van der Waals surface area contributed by atoms with Gasteiger partial charge in [0.25, 0.3) is 11.2 Å². The number of non-ortho nitro benzene ring substituents is 1. The number of nitro groups is 1. The van der Waals surface area contributed by atoms with Crippen molar-refractivity contribution in [1.29, 1.82) is 0 Å². The van der Waals surface area contributed by atoms with Crippen molar-refractivity contribution < 1.29 is 28.7 Å². The van der Waals surface area contributed by atoms with Gasteiger partial charge >= 0.3 is 11.9 Å². The van der Waals surface area contributed by atoms with Gasteiger partial charge in [-0.3, -0.25) is 24.3 Å². The zero-order valence-electron chi connectivity index (χ0n) is 21.6. The van der Waals surface area contributed by atoms with Gasteiger partial charge in [-0.2, -0.15) is 0 Å². The van der Waals surface area contributed by atoms with Gasteiger partial charge in [0, 0.05) is 19.1 Å². The van der Waals surface area contributed by atoms with Gasteiger partial charge < -0.3 is 14.2 Å². The lowest BCUT2D eigenvalue weighted by atomic mass is 9.95. The van der Waals surface area contributed by atoms with E-state index in [-0.39, 0.29) is 23.6 Å². The summed E-state index contributed by atoms with van der Waals surface area (Å²) in [6, 6.07) is 9.71. The lowest BCUT2D eigenvalue weighted by Gasteiger charge is -2.24. The Balaban J connectivity index is 1.91. The number of allylic oxidation sites excluding steroid dienone is 1. The van der Waals surface area contributed by atoms with Gasteiger partial charge in [0.2, 0.25) is 0 Å². The van der Waals surface area contributed by atoms with Gasteiger partial charge in [0.15, 0.2) is 16.3 Å². The van der Waals surface area contributed by atoms with Crippen molar-refractivity contribution in [2.24, 2.45) is 4.99 Å². The molecule has 12 heteroatoms. The number of carbonyl (C=O) groups excluding carboxylic acids is 2. The summed E-state index contributed by atoms with van der Waals surface area (Å²) in [5.74, 6) is -0.564. The fraction of sp³-hybridized carbons (Fsp3) is 0.259. The minimum absolute atomic E-state index is 0.104. The van der Waals surface area contributed by atoms with Crippen molar-refractivity contribution in [2.45, 2.75) is 33.7 Å². The van der Waals surface area contributed by atoms with E-state index in [1.165, 1.54) is 29.7 Å². The highest BCUT2D eigenvalue weighted by molar-refractivity contribution is 7.07. The van der Waals surface area contributed by atoms with Crippen LogP contribution in [0.3, 0.4) is 0 Å². The van der Waals surface area contributed by atoms with Gasteiger partial charge in [0.05, 0.1) is 40.0 Å². The number of thiazole rings is 1. The van der Waals surface area contributed by atoms with Crippen LogP contribution in [0.25, 0.3) is 6.08 Å². The van der Waals surface area contributed by atoms with Crippen LogP contribution in [0.5, 0.6) is 11.5 Å². The number of benzene rings is 2. The molecule has 0 spiro atoms. The van der Waals surface area contributed by atoms with Crippen molar-refractivity contribution in [3.05, 3.63) is 94.7 Å². The monoisotopic (exact) mass is 551 g/mol. The second kappa shape index (κ2) is 11.4. The summed E-state index contributed by atoms with van der Waals surface area (Å²) in [5, 5.41) is 11.5. The first-order valence-corrected chi connectivity index (χ1v) is 12.9. The molecule has 0 fully saturated rings. The number of aromatic nitrogens is 1. The fourth-order valence-electron chi connectivity index (χ4n) is 4.19. The summed E-state index contributed by atoms with van der Waals surface area (Å²) in [6.45, 7) is 6.81. The molecular formula is C27H25N3O8S. The number of ether oxygens (including phenoxy) is 3. The first kappa shape index (κ1) is 27.5. The first-order valence-electron chi connectivity index (χ1n) is 12.0. The van der Waals surface area contributed by atoms with Crippen LogP contribution in [-0.2, 0) is 14.3 Å². The number of fused-ring (bicyclic) bond motifs is 1. The molecule has 1 atom stereocenters. The maximum atomic E-state index is 13.7. The number of nitrogens with zero attached hydrogens (tertiary/aromatic N) is 3. The van der Waals surface area contributed by atoms with Crippen LogP contribution in [0.2, 0.25) is 0 Å². The van der Waals surface area contributed by atoms with Crippen molar-refractivity contribution in [3.63, 3.8) is 0 Å². The molecule has 0 amide bonds. The van der Waals surface area contributed by atoms with E-state index < -0.39 is 28.5 Å². The Morgan fingerprint density at radius 2 is 1.92 bits per heavy atom. The molecule has 0 aliphatic carbocycles. The molecule has 0 saturated heterocycles. The molecule has 0 radical (unpaired) electrons. The molecule has 2 heterocycles. The molecule has 0 saturated carbocycles. The Hall–Kier alpha value is -4.58. The molecular weight excluding hydrogens is 526 g/mol. The second-order valence-electron chi connectivity index (χ2n) is 8.39. The highest BCUT2D eigenvalue weighted by atomic mass is 32.1. The Morgan fingerprint density at radius 3 is 2.59 bits per heavy atom. The van der Waals surface area contributed by atoms with Crippen molar-refractivity contribution in [1.82, 2.24) is 4.57 Å². The molecule has 11 nitrogen and oxygen atoms in total. The highest BCUT2D eigenvalue weighted by Crippen LogP contribution is 2.32. The molecule has 2 aromatic carbocycles. The van der Waals surface area contributed by atoms with E-state index in [2.05, 4.69) is 4.99 Å². The molecule has 202 valence electrons. The maximum Gasteiger partial charge on any atom is 0.338 e. The van der Waals surface area contributed by atoms with E-state index in [0.29, 0.717) is 38.5 Å². The van der Waals surface area contributed by atoms with Crippen LogP contribution in [0.4, 0.5) is 5.69 Å². The van der Waals surface area contributed by atoms with Crippen LogP contribution in [-0.4, -0.2) is 34.6 Å². The van der Waals surface area contributed by atoms with Crippen LogP contribution in [0.15, 0.2) is 63.5 Å². The van der Waals surface area contributed by atoms with E-state index in [1.54, 1.807) is 51.1 Å². The largest absolute Gasteiger partial charge is 0.490 e. The van der Waals surface area contributed by atoms with Crippen LogP contribution >= 0.6 is 11.3 Å². The lowest BCUT2D eigenvalue weighted by molar-refractivity contribution is -0.384. The molecule has 1 aliphatic heterocycles. The van der Waals surface area contributed by atoms with Crippen LogP contribution in [0, 0.1) is 10.1 Å². The normalized spacial score (nSPS) is 14.9. The zero-order chi connectivity index (χ0) is 28.3. The predicted octanol–water partition coefficient (Wildman–Crippen LogP) is 3.03. The SMILES string of the molecule is CCOC(=O)C1=C(C)N=c2sc(=Cc3ccc(OC(C)=O)c(OCC)c3)c(=O)n2[C@@H]1c1cccc([N+](=O)[O-])c1. The van der Waals surface area contributed by atoms with Crippen LogP contribution < -0.4 is 24.4 Å². The first-order chi connectivity index (χ1) is 18.6. The zero-order valence-corrected chi connectivity index (χ0v) is 22.4. The number of hydrogen-bond donors (Lipinski definition) is 0. The topological polar surface area (TPSA) is 139 Å². The molecule has 1 aliphatic rings. The third kappa shape index (κ3) is 5.65. The maximum absolute atomic E-state index is 13.7. The van der Waals surface area contributed by atoms with E-state index >= 15 is 0 Å². The average Bonchev–Trinajstić information content (AvgIpc) is 3.19. The van der Waals surface area contributed by atoms with E-state index in [0.717, 1.165) is 11.3 Å². The smallest absolute Gasteiger partial charge is 0.338 e. The molecule has 4 rings (SSSR count). The Bertz CT molecular complexity index is 1690. The third-order valence-corrected chi connectivity index (χ3v) is 6.72. The number of hydrogen-bond acceptors (Lipinski definition) is 10. The average molecular weight is 552 g/mol. The third-order valence-electron chi connectivity index (χ3n) is 5.73. The summed E-state index contributed by atoms with van der Waals surface area (Å²) in [4.78, 5) is 53.9. The van der Waals surface area contributed by atoms with Gasteiger partial charge in [-0.15, -0.1) is 0 Å². The summed E-state index contributed by atoms with van der Waals surface area (Å²) in [6.07, 6.45) is 1.64. The summed E-state index contributed by atoms with van der Waals surface area (Å²) < 4.78 is 17.7. The minimum atomic E-state index is -0.979. The Labute approximate surface area is 226 Å². The van der Waals surface area contributed by atoms with Crippen molar-refractivity contribution in [3.8, 4) is 11.5 Å². The lowest BCUT2D eigenvalue weighted by Crippen LogP contribution is -2.40. The summed E-state index contributed by atoms with van der Waals surface area (Å²) in [7, 11) is 0. The van der Waals surface area contributed by atoms with E-state index in [4.69, 9.17) is 14.2 Å². The molecule has 1 aromatic heterocycles. The minimum Gasteiger partial charge on any atom is -0.490 e. The Kier molecular flexibility index (Phi) is 8.05. The molecule has 0 unspecified atom stereocenters. The fourth-order valence-corrected chi connectivity index (χ4v) is 5.24. The van der Waals surface area contributed by atoms with Crippen molar-refractivity contribution in [2.75, 3.05) is 13.2 Å². The number of esters is 2. The number of rotatable bonds is 8. The van der Waals surface area contributed by atoms with Crippen molar-refractivity contribution >= 4 is 35.0 Å². The predicted molar refractivity (Wildman–Crippen MR) is 142 cm³/mol. The Morgan fingerprint density at radius 1 is 1.15 bits per heavy atom. The van der Waals surface area contributed by atoms with Gasteiger partial charge in [-0.1, -0.05) is 29.5 Å². The van der Waals surface area contributed by atoms with Gasteiger partial charge in [0.1, 0.15) is 0 Å².